The van der Waals surface area contributed by atoms with E-state index in [1.54, 1.807) is 6.92 Å². The molecule has 0 spiro atoms. The smallest absolute Gasteiger partial charge is 0.271 e. The predicted octanol–water partition coefficient (Wildman–Crippen LogP) is 3.00. The van der Waals surface area contributed by atoms with Crippen molar-refractivity contribution < 1.29 is 19.2 Å². The number of nitrogens with one attached hydrogen (secondary N) is 1. The lowest BCUT2D eigenvalue weighted by atomic mass is 10.1. The van der Waals surface area contributed by atoms with E-state index in [0.717, 1.165) is 24.3 Å². The molecule has 108 valence electrons. The van der Waals surface area contributed by atoms with Gasteiger partial charge in [-0.05, 0) is 36.8 Å². The van der Waals surface area contributed by atoms with Gasteiger partial charge in [-0.25, -0.2) is 4.39 Å². The number of aromatic hydroxyl groups is 1. The SMILES string of the molecule is Cc1cc(F)ccc1C(=O)Nc1cc([N+](=O)[O-])ccc1O. The summed E-state index contributed by atoms with van der Waals surface area (Å²) >= 11 is 0. The Morgan fingerprint density at radius 1 is 1.29 bits per heavy atom. The molecule has 0 atom stereocenters. The van der Waals surface area contributed by atoms with E-state index >= 15 is 0 Å². The highest BCUT2D eigenvalue weighted by Crippen LogP contribution is 2.28. The number of non-ortho nitro benzene ring substituents is 1. The van der Waals surface area contributed by atoms with Gasteiger partial charge in [-0.1, -0.05) is 0 Å². The van der Waals surface area contributed by atoms with Crippen LogP contribution in [0, 0.1) is 22.9 Å². The topological polar surface area (TPSA) is 92.5 Å². The molecule has 0 aromatic heterocycles. The molecule has 0 radical (unpaired) electrons. The van der Waals surface area contributed by atoms with E-state index in [2.05, 4.69) is 5.32 Å². The molecular formula is C14H11FN2O4. The Kier molecular flexibility index (Phi) is 3.84. The summed E-state index contributed by atoms with van der Waals surface area (Å²) in [5.74, 6) is -1.36. The van der Waals surface area contributed by atoms with Crippen LogP contribution in [0.1, 0.15) is 15.9 Å². The average molecular weight is 290 g/mol. The summed E-state index contributed by atoms with van der Waals surface area (Å²) in [6.45, 7) is 1.56. The second kappa shape index (κ2) is 5.58. The van der Waals surface area contributed by atoms with Crippen molar-refractivity contribution in [1.82, 2.24) is 0 Å². The van der Waals surface area contributed by atoms with Crippen molar-refractivity contribution in [2.75, 3.05) is 5.32 Å². The Labute approximate surface area is 119 Å². The highest BCUT2D eigenvalue weighted by Gasteiger charge is 2.15. The average Bonchev–Trinajstić information content (AvgIpc) is 2.40. The number of hydrogen-bond donors (Lipinski definition) is 2. The monoisotopic (exact) mass is 290 g/mol. The van der Waals surface area contributed by atoms with Gasteiger partial charge in [0, 0.05) is 17.7 Å². The number of phenolic OH excluding ortho intramolecular Hbond substituents is 1. The molecule has 0 aliphatic carbocycles. The standard InChI is InChI=1S/C14H11FN2O4/c1-8-6-9(15)2-4-11(8)14(19)16-12-7-10(17(20)21)3-5-13(12)18/h2-7,18H,1H3,(H,16,19). The first-order chi connectivity index (χ1) is 9.88. The van der Waals surface area contributed by atoms with Crippen molar-refractivity contribution in [3.05, 3.63) is 63.5 Å². The largest absolute Gasteiger partial charge is 0.506 e. The summed E-state index contributed by atoms with van der Waals surface area (Å²) in [5.41, 5.74) is 0.275. The van der Waals surface area contributed by atoms with Crippen LogP contribution in [0.25, 0.3) is 0 Å². The lowest BCUT2D eigenvalue weighted by Gasteiger charge is -2.09. The zero-order chi connectivity index (χ0) is 15.6. The minimum atomic E-state index is -0.641. The maximum Gasteiger partial charge on any atom is 0.271 e. The molecule has 0 aliphatic rings. The van der Waals surface area contributed by atoms with E-state index < -0.39 is 16.6 Å². The number of rotatable bonds is 3. The third-order valence-corrected chi connectivity index (χ3v) is 2.87. The van der Waals surface area contributed by atoms with E-state index in [9.17, 15) is 24.4 Å². The van der Waals surface area contributed by atoms with Crippen LogP contribution in [-0.4, -0.2) is 15.9 Å². The minimum Gasteiger partial charge on any atom is -0.506 e. The maximum atomic E-state index is 13.0. The van der Waals surface area contributed by atoms with Gasteiger partial charge in [0.2, 0.25) is 0 Å². The van der Waals surface area contributed by atoms with Crippen LogP contribution < -0.4 is 5.32 Å². The van der Waals surface area contributed by atoms with Gasteiger partial charge < -0.3 is 10.4 Å². The molecule has 0 saturated heterocycles. The summed E-state index contributed by atoms with van der Waals surface area (Å²) in [7, 11) is 0. The summed E-state index contributed by atoms with van der Waals surface area (Å²) in [6, 6.07) is 6.91. The molecule has 2 rings (SSSR count). The number of nitro groups is 1. The third-order valence-electron chi connectivity index (χ3n) is 2.87. The van der Waals surface area contributed by atoms with Crippen molar-refractivity contribution in [2.45, 2.75) is 6.92 Å². The first-order valence-electron chi connectivity index (χ1n) is 5.93. The highest BCUT2D eigenvalue weighted by atomic mass is 19.1. The van der Waals surface area contributed by atoms with Gasteiger partial charge in [0.1, 0.15) is 11.6 Å². The first kappa shape index (κ1) is 14.4. The summed E-state index contributed by atoms with van der Waals surface area (Å²) < 4.78 is 13.0. The normalized spacial score (nSPS) is 10.2. The van der Waals surface area contributed by atoms with E-state index in [4.69, 9.17) is 0 Å². The van der Waals surface area contributed by atoms with E-state index in [0.29, 0.717) is 5.56 Å². The van der Waals surface area contributed by atoms with Crippen LogP contribution in [0.3, 0.4) is 0 Å². The number of nitrogens with zero attached hydrogens (tertiary/aromatic N) is 1. The quantitative estimate of drug-likeness (QED) is 0.516. The van der Waals surface area contributed by atoms with E-state index in [1.165, 1.54) is 12.1 Å². The van der Waals surface area contributed by atoms with Crippen LogP contribution in [-0.2, 0) is 0 Å². The fraction of sp³-hybridized carbons (Fsp3) is 0.0714. The van der Waals surface area contributed by atoms with Gasteiger partial charge in [0.25, 0.3) is 11.6 Å². The van der Waals surface area contributed by atoms with Gasteiger partial charge in [0.05, 0.1) is 10.6 Å². The maximum absolute atomic E-state index is 13.0. The molecule has 0 saturated carbocycles. The van der Waals surface area contributed by atoms with Gasteiger partial charge in [-0.15, -0.1) is 0 Å². The molecule has 21 heavy (non-hydrogen) atoms. The molecular weight excluding hydrogens is 279 g/mol. The number of halogens is 1. The zero-order valence-electron chi connectivity index (χ0n) is 11.0. The lowest BCUT2D eigenvalue weighted by Crippen LogP contribution is -2.13. The second-order valence-electron chi connectivity index (χ2n) is 4.37. The lowest BCUT2D eigenvalue weighted by molar-refractivity contribution is -0.384. The second-order valence-corrected chi connectivity index (χ2v) is 4.37. The molecule has 2 aromatic carbocycles. The summed E-state index contributed by atoms with van der Waals surface area (Å²) in [6.07, 6.45) is 0. The fourth-order valence-electron chi connectivity index (χ4n) is 1.81. The predicted molar refractivity (Wildman–Crippen MR) is 73.9 cm³/mol. The van der Waals surface area contributed by atoms with E-state index in [1.807, 2.05) is 0 Å². The number of phenols is 1. The Bertz CT molecular complexity index is 731. The molecule has 0 fully saturated rings. The molecule has 2 N–H and O–H groups in total. The molecule has 6 nitrogen and oxygen atoms in total. The Balaban J connectivity index is 2.31. The molecule has 0 heterocycles. The molecule has 7 heteroatoms. The first-order valence-corrected chi connectivity index (χ1v) is 5.93. The molecule has 0 unspecified atom stereocenters. The molecule has 0 aliphatic heterocycles. The number of nitro benzene ring substituents is 1. The number of hydrogen-bond acceptors (Lipinski definition) is 4. The highest BCUT2D eigenvalue weighted by molar-refractivity contribution is 6.06. The number of carbonyl (C=O) groups excluding carboxylic acids is 1. The van der Waals surface area contributed by atoms with Crippen molar-refractivity contribution in [1.29, 1.82) is 0 Å². The Morgan fingerprint density at radius 3 is 2.62 bits per heavy atom. The van der Waals surface area contributed by atoms with E-state index in [-0.39, 0.29) is 22.7 Å². The van der Waals surface area contributed by atoms with Gasteiger partial charge in [0.15, 0.2) is 0 Å². The van der Waals surface area contributed by atoms with Crippen LogP contribution in [0.4, 0.5) is 15.8 Å². The number of carbonyl (C=O) groups is 1. The Morgan fingerprint density at radius 2 is 2.00 bits per heavy atom. The Hall–Kier alpha value is -2.96. The van der Waals surface area contributed by atoms with Crippen LogP contribution in [0.5, 0.6) is 5.75 Å². The van der Waals surface area contributed by atoms with Crippen molar-refractivity contribution in [2.24, 2.45) is 0 Å². The van der Waals surface area contributed by atoms with Crippen molar-refractivity contribution >= 4 is 17.3 Å². The van der Waals surface area contributed by atoms with Crippen LogP contribution >= 0.6 is 0 Å². The van der Waals surface area contributed by atoms with Gasteiger partial charge >= 0.3 is 0 Å². The number of anilines is 1. The minimum absolute atomic E-state index is 0.0853. The summed E-state index contributed by atoms with van der Waals surface area (Å²) in [4.78, 5) is 22.1. The number of aryl methyl sites for hydroxylation is 1. The van der Waals surface area contributed by atoms with Gasteiger partial charge in [-0.3, -0.25) is 14.9 Å². The number of amides is 1. The zero-order valence-corrected chi connectivity index (χ0v) is 11.0. The summed E-state index contributed by atoms with van der Waals surface area (Å²) in [5, 5.41) is 22.7. The van der Waals surface area contributed by atoms with Gasteiger partial charge in [-0.2, -0.15) is 0 Å². The molecule has 0 bridgehead atoms. The number of benzene rings is 2. The molecule has 1 amide bonds. The third kappa shape index (κ3) is 3.14. The van der Waals surface area contributed by atoms with Crippen molar-refractivity contribution in [3.63, 3.8) is 0 Å². The van der Waals surface area contributed by atoms with Crippen LogP contribution in [0.2, 0.25) is 0 Å². The van der Waals surface area contributed by atoms with Crippen molar-refractivity contribution in [3.8, 4) is 5.75 Å². The van der Waals surface area contributed by atoms with Crippen LogP contribution in [0.15, 0.2) is 36.4 Å². The fourth-order valence-corrected chi connectivity index (χ4v) is 1.81. The molecule has 2 aromatic rings.